The number of nitrogens with one attached hydrogen (secondary N) is 1. The highest BCUT2D eigenvalue weighted by Crippen LogP contribution is 2.36. The Morgan fingerprint density at radius 1 is 1.06 bits per heavy atom. The van der Waals surface area contributed by atoms with E-state index in [4.69, 9.17) is 14.2 Å². The van der Waals surface area contributed by atoms with E-state index < -0.39 is 5.92 Å². The highest BCUT2D eigenvalue weighted by atomic mass is 16.6. The summed E-state index contributed by atoms with van der Waals surface area (Å²) in [4.78, 5) is 31.2. The van der Waals surface area contributed by atoms with Crippen LogP contribution in [0.2, 0.25) is 0 Å². The third-order valence-corrected chi connectivity index (χ3v) is 5.57. The summed E-state index contributed by atoms with van der Waals surface area (Å²) in [7, 11) is 0. The van der Waals surface area contributed by atoms with Crippen LogP contribution in [0.4, 0.5) is 11.4 Å². The van der Waals surface area contributed by atoms with Crippen LogP contribution in [-0.2, 0) is 16.2 Å². The lowest BCUT2D eigenvalue weighted by atomic mass is 10.1. The van der Waals surface area contributed by atoms with Crippen LogP contribution in [0.3, 0.4) is 0 Å². The molecule has 8 nitrogen and oxygen atoms in total. The molecule has 2 aliphatic heterocycles. The average Bonchev–Trinajstić information content (AvgIpc) is 3.26. The maximum atomic E-state index is 12.8. The molecule has 8 heteroatoms. The molecular weight excluding hydrogens is 422 g/mol. The molecule has 2 aromatic carbocycles. The summed E-state index contributed by atoms with van der Waals surface area (Å²) < 4.78 is 16.8. The van der Waals surface area contributed by atoms with E-state index in [-0.39, 0.29) is 18.2 Å². The summed E-state index contributed by atoms with van der Waals surface area (Å²) in [6.45, 7) is 1.70. The zero-order valence-electron chi connectivity index (χ0n) is 17.9. The van der Waals surface area contributed by atoms with E-state index in [0.717, 1.165) is 5.56 Å². The van der Waals surface area contributed by atoms with Gasteiger partial charge in [-0.1, -0.05) is 30.3 Å². The number of hydrogen-bond acceptors (Lipinski definition) is 6. The normalized spacial score (nSPS) is 17.0. The van der Waals surface area contributed by atoms with Crippen molar-refractivity contribution in [3.63, 3.8) is 0 Å². The number of pyridine rings is 1. The van der Waals surface area contributed by atoms with Crippen molar-refractivity contribution in [3.05, 3.63) is 72.4 Å². The number of benzene rings is 2. The van der Waals surface area contributed by atoms with E-state index in [1.807, 2.05) is 36.4 Å². The quantitative estimate of drug-likeness (QED) is 0.625. The van der Waals surface area contributed by atoms with Gasteiger partial charge in [-0.2, -0.15) is 0 Å². The van der Waals surface area contributed by atoms with Gasteiger partial charge in [0.25, 0.3) is 0 Å². The van der Waals surface area contributed by atoms with Crippen LogP contribution in [0.25, 0.3) is 0 Å². The zero-order valence-corrected chi connectivity index (χ0v) is 17.9. The number of nitrogens with zero attached hydrogens (tertiary/aromatic N) is 2. The molecule has 3 aromatic rings. The van der Waals surface area contributed by atoms with Crippen molar-refractivity contribution in [2.75, 3.05) is 30.0 Å². The molecule has 1 saturated heterocycles. The van der Waals surface area contributed by atoms with E-state index in [9.17, 15) is 9.59 Å². The molecule has 0 bridgehead atoms. The summed E-state index contributed by atoms with van der Waals surface area (Å²) in [5.74, 6) is 0.963. The van der Waals surface area contributed by atoms with E-state index >= 15 is 0 Å². The van der Waals surface area contributed by atoms with Gasteiger partial charge in [-0.05, 0) is 23.8 Å². The summed E-state index contributed by atoms with van der Waals surface area (Å²) in [6.07, 6.45) is 1.69. The van der Waals surface area contributed by atoms with Gasteiger partial charge in [0.05, 0.1) is 17.8 Å². The molecule has 3 heterocycles. The second-order valence-corrected chi connectivity index (χ2v) is 7.88. The second kappa shape index (κ2) is 9.20. The molecular formula is C25H23N3O5. The monoisotopic (exact) mass is 445 g/mol. The maximum absolute atomic E-state index is 12.8. The number of carbonyl (C=O) groups excluding carboxylic acids is 2. The molecule has 168 valence electrons. The Labute approximate surface area is 191 Å². The Kier molecular flexibility index (Phi) is 5.80. The van der Waals surface area contributed by atoms with Gasteiger partial charge in [-0.15, -0.1) is 0 Å². The van der Waals surface area contributed by atoms with Gasteiger partial charge in [0.2, 0.25) is 17.7 Å². The molecule has 2 aliphatic rings. The van der Waals surface area contributed by atoms with Crippen LogP contribution in [0.1, 0.15) is 12.0 Å². The minimum atomic E-state index is -0.459. The molecule has 0 radical (unpaired) electrons. The van der Waals surface area contributed by atoms with Crippen LogP contribution < -0.4 is 24.4 Å². The zero-order chi connectivity index (χ0) is 22.6. The fourth-order valence-corrected chi connectivity index (χ4v) is 3.85. The first-order valence-corrected chi connectivity index (χ1v) is 10.8. The largest absolute Gasteiger partial charge is 0.486 e. The van der Waals surface area contributed by atoms with Gasteiger partial charge in [-0.3, -0.25) is 9.59 Å². The Morgan fingerprint density at radius 2 is 1.88 bits per heavy atom. The van der Waals surface area contributed by atoms with E-state index in [2.05, 4.69) is 10.3 Å². The van der Waals surface area contributed by atoms with Gasteiger partial charge in [-0.25, -0.2) is 4.98 Å². The van der Waals surface area contributed by atoms with Crippen molar-refractivity contribution in [1.29, 1.82) is 0 Å². The number of ether oxygens (including phenoxy) is 3. The first-order chi connectivity index (χ1) is 16.2. The average molecular weight is 445 g/mol. The van der Waals surface area contributed by atoms with Crippen LogP contribution in [0, 0.1) is 5.92 Å². The maximum Gasteiger partial charge on any atom is 0.229 e. The van der Waals surface area contributed by atoms with Crippen molar-refractivity contribution in [2.45, 2.75) is 13.0 Å². The van der Waals surface area contributed by atoms with Crippen molar-refractivity contribution < 1.29 is 23.8 Å². The topological polar surface area (TPSA) is 90.0 Å². The smallest absolute Gasteiger partial charge is 0.229 e. The molecule has 0 saturated carbocycles. The molecule has 1 unspecified atom stereocenters. The Hall–Kier alpha value is -4.07. The van der Waals surface area contributed by atoms with Crippen molar-refractivity contribution in [3.8, 4) is 17.4 Å². The standard InChI is InChI=1S/C25H23N3O5/c29-24-12-18(15-28(24)20-7-8-21-22(13-20)32-11-10-31-21)25(30)27-19-6-9-23(26-14-19)33-16-17-4-2-1-3-5-17/h1-9,13-14,18H,10-12,15-16H2,(H,27,30). The number of carbonyl (C=O) groups is 2. The molecule has 1 fully saturated rings. The predicted octanol–water partition coefficient (Wildman–Crippen LogP) is 3.42. The number of anilines is 2. The number of fused-ring (bicyclic) bond motifs is 1. The Bertz CT molecular complexity index is 1150. The number of rotatable bonds is 6. The third kappa shape index (κ3) is 4.74. The number of amides is 2. The molecule has 1 N–H and O–H groups in total. The lowest BCUT2D eigenvalue weighted by Crippen LogP contribution is -2.28. The summed E-state index contributed by atoms with van der Waals surface area (Å²) in [6, 6.07) is 18.6. The molecule has 1 atom stereocenters. The summed E-state index contributed by atoms with van der Waals surface area (Å²) >= 11 is 0. The van der Waals surface area contributed by atoms with Gasteiger partial charge >= 0.3 is 0 Å². The summed E-state index contributed by atoms with van der Waals surface area (Å²) in [5, 5.41) is 2.85. The number of hydrogen-bond donors (Lipinski definition) is 1. The predicted molar refractivity (Wildman–Crippen MR) is 122 cm³/mol. The molecule has 5 rings (SSSR count). The van der Waals surface area contributed by atoms with Gasteiger partial charge in [0.15, 0.2) is 11.5 Å². The lowest BCUT2D eigenvalue weighted by molar-refractivity contribution is -0.122. The molecule has 0 aliphatic carbocycles. The molecule has 33 heavy (non-hydrogen) atoms. The van der Waals surface area contributed by atoms with Crippen LogP contribution >= 0.6 is 0 Å². The highest BCUT2D eigenvalue weighted by Gasteiger charge is 2.35. The van der Waals surface area contributed by atoms with Crippen LogP contribution in [-0.4, -0.2) is 36.6 Å². The van der Waals surface area contributed by atoms with Crippen molar-refractivity contribution in [1.82, 2.24) is 4.98 Å². The first-order valence-electron chi connectivity index (χ1n) is 10.8. The fraction of sp³-hybridized carbons (Fsp3) is 0.240. The SMILES string of the molecule is O=C(Nc1ccc(OCc2ccccc2)nc1)C1CC(=O)N(c2ccc3c(c2)OCCO3)C1. The first kappa shape index (κ1) is 20.8. The minimum absolute atomic E-state index is 0.102. The van der Waals surface area contributed by atoms with Gasteiger partial charge < -0.3 is 24.4 Å². The Morgan fingerprint density at radius 3 is 2.67 bits per heavy atom. The van der Waals surface area contributed by atoms with E-state index in [1.54, 1.807) is 35.4 Å². The van der Waals surface area contributed by atoms with Crippen LogP contribution in [0.5, 0.6) is 17.4 Å². The number of aromatic nitrogens is 1. The fourth-order valence-electron chi connectivity index (χ4n) is 3.85. The van der Waals surface area contributed by atoms with E-state index in [1.165, 1.54) is 0 Å². The van der Waals surface area contributed by atoms with Crippen molar-refractivity contribution in [2.24, 2.45) is 5.92 Å². The van der Waals surface area contributed by atoms with Gasteiger partial charge in [0, 0.05) is 30.8 Å². The Balaban J connectivity index is 1.18. The highest BCUT2D eigenvalue weighted by molar-refractivity contribution is 6.03. The van der Waals surface area contributed by atoms with E-state index in [0.29, 0.717) is 55.1 Å². The molecule has 1 aromatic heterocycles. The second-order valence-electron chi connectivity index (χ2n) is 7.88. The minimum Gasteiger partial charge on any atom is -0.486 e. The molecule has 2 amide bonds. The lowest BCUT2D eigenvalue weighted by Gasteiger charge is -2.22. The summed E-state index contributed by atoms with van der Waals surface area (Å²) in [5.41, 5.74) is 2.29. The van der Waals surface area contributed by atoms with Crippen molar-refractivity contribution >= 4 is 23.2 Å². The van der Waals surface area contributed by atoms with Gasteiger partial charge in [0.1, 0.15) is 19.8 Å². The van der Waals surface area contributed by atoms with Crippen LogP contribution in [0.15, 0.2) is 66.9 Å². The molecule has 0 spiro atoms. The third-order valence-electron chi connectivity index (χ3n) is 5.57.